The molecule has 1 unspecified atom stereocenters. The van der Waals surface area contributed by atoms with Crippen LogP contribution in [-0.4, -0.2) is 204 Å². The maximum atomic E-state index is 10.2. The quantitative estimate of drug-likeness (QED) is 0.00987. The summed E-state index contributed by atoms with van der Waals surface area (Å²) in [7, 11) is 0. The number of aliphatic hydroxyl groups is 5. The summed E-state index contributed by atoms with van der Waals surface area (Å²) in [6.45, 7) is 41.2. The van der Waals surface area contributed by atoms with Gasteiger partial charge in [0.05, 0.1) is 85.7 Å². The van der Waals surface area contributed by atoms with Crippen molar-refractivity contribution in [2.75, 3.05) is 77.3 Å². The minimum Gasteiger partial charge on any atom is -0.481 e. The van der Waals surface area contributed by atoms with E-state index in [1.807, 2.05) is 45.0 Å². The van der Waals surface area contributed by atoms with Crippen molar-refractivity contribution >= 4 is 50.8 Å². The summed E-state index contributed by atoms with van der Waals surface area (Å²) in [6.07, 6.45) is 7.58. The number of rotatable bonds is 36. The summed E-state index contributed by atoms with van der Waals surface area (Å²) in [6, 6.07) is 37.7. The monoisotopic (exact) mass is 1800 g/mol. The number of ketones is 2. The van der Waals surface area contributed by atoms with E-state index in [1.165, 1.54) is 94.6 Å². The van der Waals surface area contributed by atoms with Crippen LogP contribution in [0.3, 0.4) is 0 Å². The van der Waals surface area contributed by atoms with Crippen LogP contribution in [0.5, 0.6) is 0 Å². The van der Waals surface area contributed by atoms with Gasteiger partial charge in [0.15, 0.2) is 18.3 Å². The number of nitrogens with two attached hydrogens (primary N) is 5. The van der Waals surface area contributed by atoms with Crippen LogP contribution >= 0.6 is 15.9 Å². The Morgan fingerprint density at radius 1 is 0.488 bits per heavy atom. The Labute approximate surface area is 748 Å². The minimum atomic E-state index is -1.03. The molecule has 6 atom stereocenters. The van der Waals surface area contributed by atoms with Crippen LogP contribution in [0.1, 0.15) is 187 Å². The number of carboxylic acid groups (broad SMARTS) is 1. The molecule has 0 aliphatic carbocycles. The highest BCUT2D eigenvalue weighted by atomic mass is 79.9. The third-order valence-electron chi connectivity index (χ3n) is 19.9. The van der Waals surface area contributed by atoms with Gasteiger partial charge in [-0.3, -0.25) is 4.79 Å². The first-order chi connectivity index (χ1) is 59.4. The normalized spacial score (nSPS) is 13.7. The van der Waals surface area contributed by atoms with Crippen LogP contribution in [0.25, 0.3) is 17.5 Å². The van der Waals surface area contributed by atoms with Gasteiger partial charge in [0.1, 0.15) is 46.8 Å². The summed E-state index contributed by atoms with van der Waals surface area (Å²) in [5, 5.41) is 52.2. The number of aliphatic hydroxyl groups excluding tert-OH is 5. The van der Waals surface area contributed by atoms with Crippen LogP contribution in [-0.2, 0) is 76.4 Å². The first kappa shape index (κ1) is 108. The third-order valence-corrected chi connectivity index (χ3v) is 20.5. The number of nitrogen functional groups attached to an aromatic ring is 2. The molecule has 0 aromatic carbocycles. The first-order valence-corrected chi connectivity index (χ1v) is 43.9. The summed E-state index contributed by atoms with van der Waals surface area (Å²) in [4.78, 5) is 53.2. The molecule has 16 N–H and O–H groups in total. The number of pyridine rings is 5. The van der Waals surface area contributed by atoms with E-state index in [9.17, 15) is 19.5 Å². The van der Waals surface area contributed by atoms with Gasteiger partial charge in [0.2, 0.25) is 0 Å². The Bertz CT molecular complexity index is 4640. The summed E-state index contributed by atoms with van der Waals surface area (Å²) < 4.78 is 40.2. The zero-order chi connectivity index (χ0) is 92.8. The second-order valence-corrected chi connectivity index (χ2v) is 32.3. The van der Waals surface area contributed by atoms with E-state index in [2.05, 4.69) is 234 Å². The number of alkyl halides is 1. The van der Waals surface area contributed by atoms with Crippen LogP contribution in [0, 0.1) is 90.0 Å². The smallest absolute Gasteiger partial charge is 0.306 e. The molecular formula is C95H143BrN15O14+. The maximum Gasteiger partial charge on any atom is 0.306 e. The number of aliphatic carboxylic acids is 1. The molecule has 11 heterocycles. The minimum absolute atomic E-state index is 0.00625. The lowest BCUT2D eigenvalue weighted by Gasteiger charge is -2.21. The fourth-order valence-electron chi connectivity index (χ4n) is 13.4. The van der Waals surface area contributed by atoms with E-state index >= 15 is 0 Å². The van der Waals surface area contributed by atoms with Gasteiger partial charge < -0.3 is 111 Å². The van der Waals surface area contributed by atoms with Crippen LogP contribution in [0.15, 0.2) is 121 Å². The zero-order valence-electron chi connectivity index (χ0n) is 76.9. The van der Waals surface area contributed by atoms with Gasteiger partial charge >= 0.3 is 5.97 Å². The molecule has 0 bridgehead atoms. The van der Waals surface area contributed by atoms with Crippen LogP contribution in [0.4, 0.5) is 11.6 Å². The lowest BCUT2D eigenvalue weighted by atomic mass is 10.2. The molecule has 125 heavy (non-hydrogen) atoms. The molecule has 0 spiro atoms. The molecule has 9 aromatic rings. The number of nitrogens with zero attached hydrogens (tertiary/aromatic N) is 10. The van der Waals surface area contributed by atoms with Crippen molar-refractivity contribution in [1.29, 1.82) is 0 Å². The average molecular weight is 1800 g/mol. The average Bonchev–Trinajstić information content (AvgIpc) is 1.73. The molecule has 1 saturated heterocycles. The van der Waals surface area contributed by atoms with Crippen molar-refractivity contribution in [2.45, 2.75) is 250 Å². The molecule has 0 radical (unpaired) electrons. The van der Waals surface area contributed by atoms with Crippen molar-refractivity contribution < 1.29 is 73.3 Å². The fraction of sp³-hybridized carbons (Fsp3) is 0.505. The van der Waals surface area contributed by atoms with Gasteiger partial charge in [-0.2, -0.15) is 0 Å². The molecule has 0 amide bonds. The number of hydrogen-bond donors (Lipinski definition) is 11. The largest absolute Gasteiger partial charge is 0.481 e. The summed E-state index contributed by atoms with van der Waals surface area (Å²) in [5.74, 6) is 3.03. The van der Waals surface area contributed by atoms with Gasteiger partial charge in [-0.25, -0.2) is 29.5 Å². The number of carboxylic acids is 1. The van der Waals surface area contributed by atoms with Gasteiger partial charge in [-0.15, -0.1) is 0 Å². The molecule has 2 aliphatic rings. The first-order valence-electron chi connectivity index (χ1n) is 42.8. The molecule has 11 rings (SSSR count). The summed E-state index contributed by atoms with van der Waals surface area (Å²) >= 11 is 3.45. The number of Topliss-reactive ketones (excluding diaryl/α,β-unsaturated/α-hetero) is 2. The number of hydrogen-bond acceptors (Lipinski definition) is 23. The van der Waals surface area contributed by atoms with Crippen LogP contribution in [0.2, 0.25) is 0 Å². The standard InChI is InChI=1S/C36H45N5O2.C18H27N5O2.C13H15BrN2.C10H18NO2.C6H10O2.C4H9NO3.C4H11NO2.C4H8O/c1-24-17-32(37-35(19-24)40-28(5)11-12-29(40)6)22-42-16-15-34(21-39-26(3)9-10-27(39)4)43-23-33-18-25(2)20-36(38-33)41-30(7)13-14-31(41)8;1-12-5-14(22-17(20)7-12)10-24-4-3-16(9-19)25-11-15-6-13(2)8-18(21)23-15;1-9-6-12(8-14)15-13(7-9)16-10(2)4-5-11(16)3;1-8-3-4-9(2)11(8)7-10(13)5-6-12;1-5(7)3-4-6(2)8;5-2-3(6)1-4(7)8;5-3-4(7)1-2-6;1-2-4-5-3-1/h9-14,17-20,34H,15-16,21-23H2,1-8H3;5-8,16H,3-4,9-11,19H2,1-2H3,(H2,20,22)(H2,21,23);4-7H,8H2,1-3H3;3-4,8,10,12-13H,5-7H2,1-2H3;3-4H2,1-2H3;3,6H,1-2,5H2,(H,7,8);4,6-7H,1-3,5H2;1-4H2/q;;;+1;;;;/t34-;16-;;8?,10-;;3-;4-;/m00.0.00./s1. The Morgan fingerprint density at radius 2 is 0.848 bits per heavy atom. The molecule has 0 saturated carbocycles. The lowest BCUT2D eigenvalue weighted by molar-refractivity contribution is -0.555. The van der Waals surface area contributed by atoms with Gasteiger partial charge in [0.25, 0.3) is 0 Å². The van der Waals surface area contributed by atoms with E-state index in [-0.39, 0.29) is 56.5 Å². The number of aryl methyl sites for hydroxylation is 13. The molecule has 1 fully saturated rings. The highest BCUT2D eigenvalue weighted by molar-refractivity contribution is 9.08. The predicted molar refractivity (Wildman–Crippen MR) is 498 cm³/mol. The van der Waals surface area contributed by atoms with E-state index in [1.54, 1.807) is 0 Å². The van der Waals surface area contributed by atoms with Gasteiger partial charge in [0, 0.05) is 156 Å². The Morgan fingerprint density at radius 3 is 1.18 bits per heavy atom. The second-order valence-electron chi connectivity index (χ2n) is 31.8. The van der Waals surface area contributed by atoms with Crippen molar-refractivity contribution in [3.8, 4) is 17.5 Å². The number of ether oxygens (including phenoxy) is 5. The van der Waals surface area contributed by atoms with Crippen molar-refractivity contribution in [2.24, 2.45) is 17.2 Å². The van der Waals surface area contributed by atoms with Crippen molar-refractivity contribution in [3.05, 3.63) is 223 Å². The number of carbonyl (C=O) groups excluding carboxylic acids is 2. The van der Waals surface area contributed by atoms with Gasteiger partial charge in [-0.1, -0.05) is 15.9 Å². The number of β-amino-alcohol motifs (C(OH)–C–C–N with tert-alkyl or cyclic N) is 1. The number of allylic oxidation sites excluding steroid dienone is 1. The molecular weight excluding hydrogens is 1660 g/mol. The van der Waals surface area contributed by atoms with Crippen LogP contribution < -0.4 is 28.7 Å². The highest BCUT2D eigenvalue weighted by Gasteiger charge is 2.24. The molecule has 9 aromatic heterocycles. The molecule has 688 valence electrons. The number of anilines is 2. The Kier molecular flexibility index (Phi) is 50.2. The number of aromatic nitrogens is 9. The second kappa shape index (κ2) is 58.1. The maximum absolute atomic E-state index is 10.2. The molecule has 30 heteroatoms. The van der Waals surface area contributed by atoms with Crippen molar-refractivity contribution in [1.82, 2.24) is 43.2 Å². The van der Waals surface area contributed by atoms with Gasteiger partial charge in [-0.05, 0) is 279 Å². The predicted octanol–water partition coefficient (Wildman–Crippen LogP) is 12.3. The van der Waals surface area contributed by atoms with Crippen molar-refractivity contribution in [3.63, 3.8) is 0 Å². The topological polar surface area (TPSA) is 436 Å². The molecule has 2 aliphatic heterocycles. The third kappa shape index (κ3) is 41.3. The van der Waals surface area contributed by atoms with E-state index in [0.29, 0.717) is 103 Å². The van der Waals surface area contributed by atoms with E-state index < -0.39 is 24.3 Å². The highest BCUT2D eigenvalue weighted by Crippen LogP contribution is 2.23. The lowest BCUT2D eigenvalue weighted by Crippen LogP contribution is -2.31. The number of halogens is 1. The van der Waals surface area contributed by atoms with E-state index in [4.69, 9.17) is 87.9 Å². The SMILES string of the molecule is C1CCOC1.CC(=O)CCC(C)=O.CC1=[N+](C[C@@H](O)CCO)C(C)C=C1.Cc1cc(CBr)nc(-n2c(C)ccc2C)c1.Cc1cc(COCC[C@@H](Cn2c(C)ccc2C)OCc2cc(C)cc(-n3c(C)ccc3C)n2)nc(-n2c(C)ccc2C)c1.Cc1cc(N)nc(COCC[C@@H](CN)OCc2cc(C)cc(N)n2)c1.NC[C@@H](O)CC(=O)O.NC[C@@H](O)CCO. The Hall–Kier alpha value is -9.35. The fourth-order valence-corrected chi connectivity index (χ4v) is 13.6. The zero-order valence-corrected chi connectivity index (χ0v) is 78.5. The van der Waals surface area contributed by atoms with E-state index in [0.717, 1.165) is 88.6 Å². The Balaban J connectivity index is 0.000000337. The number of carbonyl (C=O) groups is 3. The summed E-state index contributed by atoms with van der Waals surface area (Å²) in [5.41, 5.74) is 48.2. The molecule has 29 nitrogen and oxygen atoms in total.